The minimum absolute atomic E-state index is 0.0462. The first-order valence-corrected chi connectivity index (χ1v) is 11.9. The molecule has 1 fully saturated rings. The van der Waals surface area contributed by atoms with Crippen molar-refractivity contribution in [2.24, 2.45) is 0 Å². The monoisotopic (exact) mass is 436 g/mol. The van der Waals surface area contributed by atoms with Crippen molar-refractivity contribution < 1.29 is 22.7 Å². The van der Waals surface area contributed by atoms with E-state index in [2.05, 4.69) is 10.0 Å². The van der Waals surface area contributed by atoms with Crippen molar-refractivity contribution in [2.75, 3.05) is 4.72 Å². The summed E-state index contributed by atoms with van der Waals surface area (Å²) in [4.78, 5) is 25.0. The number of thiophene rings is 1. The van der Waals surface area contributed by atoms with Crippen molar-refractivity contribution in [3.05, 3.63) is 47.3 Å². The normalized spacial score (nSPS) is 16.0. The van der Waals surface area contributed by atoms with Crippen LogP contribution < -0.4 is 10.0 Å². The fourth-order valence-electron chi connectivity index (χ4n) is 3.20. The average Bonchev–Trinajstić information content (AvgIpc) is 3.24. The largest absolute Gasteiger partial charge is 0.449 e. The summed E-state index contributed by atoms with van der Waals surface area (Å²) < 4.78 is 32.8. The fraction of sp³-hybridized carbons (Fsp3) is 0.400. The van der Waals surface area contributed by atoms with Crippen molar-refractivity contribution in [3.8, 4) is 0 Å². The molecular formula is C20H24N2O5S2. The molecule has 29 heavy (non-hydrogen) atoms. The maximum atomic E-state index is 12.6. The van der Waals surface area contributed by atoms with E-state index in [-0.39, 0.29) is 27.4 Å². The lowest BCUT2D eigenvalue weighted by atomic mass is 9.95. The highest BCUT2D eigenvalue weighted by molar-refractivity contribution is 7.94. The summed E-state index contributed by atoms with van der Waals surface area (Å²) in [5, 5.41) is 4.57. The summed E-state index contributed by atoms with van der Waals surface area (Å²) in [6.45, 7) is 1.51. The Morgan fingerprint density at radius 1 is 1.10 bits per heavy atom. The van der Waals surface area contributed by atoms with Gasteiger partial charge in [-0.05, 0) is 43.3 Å². The number of hydrogen-bond acceptors (Lipinski definition) is 6. The molecule has 0 spiro atoms. The maximum absolute atomic E-state index is 12.6. The molecular weight excluding hydrogens is 412 g/mol. The molecule has 156 valence electrons. The fourth-order valence-corrected chi connectivity index (χ4v) is 5.28. The first-order chi connectivity index (χ1) is 13.9. The summed E-state index contributed by atoms with van der Waals surface area (Å²) in [6, 6.07) is 9.38. The zero-order chi connectivity index (χ0) is 20.9. The Morgan fingerprint density at radius 3 is 2.52 bits per heavy atom. The minimum Gasteiger partial charge on any atom is -0.449 e. The van der Waals surface area contributed by atoms with Gasteiger partial charge in [-0.2, -0.15) is 0 Å². The molecule has 1 heterocycles. The first-order valence-electron chi connectivity index (χ1n) is 9.53. The van der Waals surface area contributed by atoms with Gasteiger partial charge in [-0.15, -0.1) is 11.3 Å². The molecule has 0 radical (unpaired) electrons. The summed E-state index contributed by atoms with van der Waals surface area (Å²) in [5.74, 6) is -1.11. The molecule has 1 saturated carbocycles. The highest BCUT2D eigenvalue weighted by Crippen LogP contribution is 2.24. The predicted molar refractivity (Wildman–Crippen MR) is 111 cm³/mol. The second kappa shape index (κ2) is 9.41. The van der Waals surface area contributed by atoms with Gasteiger partial charge in [0, 0.05) is 6.04 Å². The van der Waals surface area contributed by atoms with E-state index in [1.54, 1.807) is 23.6 Å². The topological polar surface area (TPSA) is 102 Å². The Bertz CT molecular complexity index is 951. The Kier molecular flexibility index (Phi) is 6.92. The van der Waals surface area contributed by atoms with Crippen LogP contribution in [0.1, 0.15) is 49.4 Å². The third kappa shape index (κ3) is 5.57. The van der Waals surface area contributed by atoms with Gasteiger partial charge in [0.15, 0.2) is 6.10 Å². The van der Waals surface area contributed by atoms with Crippen LogP contribution in [0.2, 0.25) is 0 Å². The lowest BCUT2D eigenvalue weighted by Gasteiger charge is -2.24. The van der Waals surface area contributed by atoms with Crippen LogP contribution in [-0.2, 0) is 19.6 Å². The van der Waals surface area contributed by atoms with Crippen molar-refractivity contribution in [1.29, 1.82) is 0 Å². The molecule has 1 aromatic carbocycles. The summed E-state index contributed by atoms with van der Waals surface area (Å²) in [6.07, 6.45) is 4.22. The number of amides is 1. The molecule has 0 saturated heterocycles. The highest BCUT2D eigenvalue weighted by atomic mass is 32.2. The van der Waals surface area contributed by atoms with Gasteiger partial charge in [-0.25, -0.2) is 13.2 Å². The van der Waals surface area contributed by atoms with Crippen LogP contribution in [-0.4, -0.2) is 32.4 Å². The Balaban J connectivity index is 1.67. The van der Waals surface area contributed by atoms with Crippen LogP contribution in [0.25, 0.3) is 0 Å². The number of anilines is 1. The number of sulfonamides is 1. The second-order valence-corrected chi connectivity index (χ2v) is 9.83. The smallest absolute Gasteiger partial charge is 0.341 e. The van der Waals surface area contributed by atoms with Gasteiger partial charge >= 0.3 is 5.97 Å². The quantitative estimate of drug-likeness (QED) is 0.647. The number of carbonyl (C=O) groups excluding carboxylic acids is 2. The molecule has 1 aromatic heterocycles. The van der Waals surface area contributed by atoms with E-state index < -0.39 is 22.1 Å². The molecule has 1 aliphatic carbocycles. The van der Waals surface area contributed by atoms with E-state index in [0.29, 0.717) is 0 Å². The zero-order valence-corrected chi connectivity index (χ0v) is 17.7. The molecule has 2 aromatic rings. The van der Waals surface area contributed by atoms with E-state index in [9.17, 15) is 18.0 Å². The van der Waals surface area contributed by atoms with E-state index in [0.717, 1.165) is 37.0 Å². The number of benzene rings is 1. The van der Waals surface area contributed by atoms with E-state index in [4.69, 9.17) is 4.74 Å². The first kappa shape index (κ1) is 21.3. The number of esters is 1. The number of nitrogens with one attached hydrogen (secondary N) is 2. The van der Waals surface area contributed by atoms with Gasteiger partial charge in [0.2, 0.25) is 0 Å². The van der Waals surface area contributed by atoms with Gasteiger partial charge < -0.3 is 10.1 Å². The van der Waals surface area contributed by atoms with Crippen LogP contribution >= 0.6 is 11.3 Å². The standard InChI is InChI=1S/C20H24N2O5S2/c1-14(19(23)21-15-8-3-2-4-9-15)27-20(24)16-10-5-6-11-17(16)22-29(25,26)18-12-7-13-28-18/h5-7,10-15,22H,2-4,8-9H2,1H3,(H,21,23)/t14-/m0/s1. The lowest BCUT2D eigenvalue weighted by molar-refractivity contribution is -0.130. The van der Waals surface area contributed by atoms with E-state index in [1.165, 1.54) is 31.5 Å². The minimum atomic E-state index is -3.81. The summed E-state index contributed by atoms with van der Waals surface area (Å²) in [5.41, 5.74) is 0.149. The molecule has 9 heteroatoms. The number of para-hydroxylation sites is 1. The Labute approximate surface area is 174 Å². The zero-order valence-electron chi connectivity index (χ0n) is 16.1. The molecule has 2 N–H and O–H groups in total. The van der Waals surface area contributed by atoms with Crippen molar-refractivity contribution in [1.82, 2.24) is 5.32 Å². The van der Waals surface area contributed by atoms with Gasteiger partial charge in [0.1, 0.15) is 4.21 Å². The summed E-state index contributed by atoms with van der Waals surface area (Å²) >= 11 is 1.07. The van der Waals surface area contributed by atoms with Crippen LogP contribution in [0.15, 0.2) is 46.0 Å². The highest BCUT2D eigenvalue weighted by Gasteiger charge is 2.25. The third-order valence-electron chi connectivity index (χ3n) is 4.76. The Hall–Kier alpha value is -2.39. The molecule has 0 unspecified atom stereocenters. The predicted octanol–water partition coefficient (Wildman–Crippen LogP) is 3.54. The third-order valence-corrected chi connectivity index (χ3v) is 7.52. The SMILES string of the molecule is C[C@H](OC(=O)c1ccccc1NS(=O)(=O)c1cccs1)C(=O)NC1CCCCC1. The van der Waals surface area contributed by atoms with Gasteiger partial charge in [0.05, 0.1) is 11.3 Å². The number of rotatable bonds is 7. The van der Waals surface area contributed by atoms with E-state index >= 15 is 0 Å². The second-order valence-electron chi connectivity index (χ2n) is 6.97. The van der Waals surface area contributed by atoms with Crippen LogP contribution in [0, 0.1) is 0 Å². The molecule has 0 bridgehead atoms. The van der Waals surface area contributed by atoms with Gasteiger partial charge in [0.25, 0.3) is 15.9 Å². The number of hydrogen-bond donors (Lipinski definition) is 2. The molecule has 3 rings (SSSR count). The molecule has 7 nitrogen and oxygen atoms in total. The van der Waals surface area contributed by atoms with Gasteiger partial charge in [-0.3, -0.25) is 9.52 Å². The van der Waals surface area contributed by atoms with Crippen molar-refractivity contribution >= 4 is 38.9 Å². The number of carbonyl (C=O) groups is 2. The van der Waals surface area contributed by atoms with Gasteiger partial charge in [-0.1, -0.05) is 37.5 Å². The maximum Gasteiger partial charge on any atom is 0.341 e. The van der Waals surface area contributed by atoms with Crippen molar-refractivity contribution in [3.63, 3.8) is 0 Å². The van der Waals surface area contributed by atoms with E-state index in [1.807, 2.05) is 0 Å². The van der Waals surface area contributed by atoms with Crippen LogP contribution in [0.4, 0.5) is 5.69 Å². The molecule has 0 aliphatic heterocycles. The van der Waals surface area contributed by atoms with Crippen molar-refractivity contribution in [2.45, 2.75) is 55.4 Å². The Morgan fingerprint density at radius 2 is 1.83 bits per heavy atom. The average molecular weight is 437 g/mol. The lowest BCUT2D eigenvalue weighted by Crippen LogP contribution is -2.42. The van der Waals surface area contributed by atoms with Crippen LogP contribution in [0.5, 0.6) is 0 Å². The molecule has 1 aliphatic rings. The number of ether oxygens (including phenoxy) is 1. The summed E-state index contributed by atoms with van der Waals surface area (Å²) in [7, 11) is -3.81. The molecule has 1 atom stereocenters. The van der Waals surface area contributed by atoms with Crippen LogP contribution in [0.3, 0.4) is 0 Å². The molecule has 1 amide bonds.